The van der Waals surface area contributed by atoms with Crippen LogP contribution < -0.4 is 40.5 Å². The molecule has 0 aliphatic carbocycles. The number of ether oxygens (including phenoxy) is 5. The molecule has 33 heteroatoms. The molecule has 4 saturated heterocycles. The molecule has 6 aliphatic rings. The molecule has 4 atom stereocenters. The number of hydrogen-bond donors (Lipinski definition) is 5. The molecular weight excluding hydrogens is 1540 g/mol. The van der Waals surface area contributed by atoms with Crippen molar-refractivity contribution in [2.75, 3.05) is 110 Å². The summed E-state index contributed by atoms with van der Waals surface area (Å²) in [5.74, 6) is -0.719. The van der Waals surface area contributed by atoms with Crippen molar-refractivity contribution in [3.63, 3.8) is 0 Å². The smallest absolute Gasteiger partial charge is 0.338 e. The minimum Gasteiger partial charge on any atom is -0.481 e. The number of anilines is 2. The summed E-state index contributed by atoms with van der Waals surface area (Å²) in [4.78, 5) is 121. The van der Waals surface area contributed by atoms with Gasteiger partial charge < -0.3 is 59.9 Å². The SMILES string of the molecule is COC(=O)C1=C(CN2CCN3C(=O)N(c4ccc(Oc5ccc(C(=O)NCC(C)(C)C(=O)O)cc5)cc4)C[C@@H]3C2)NC(c2nccs2)=N[C@H]1c1ccc(F)cc1Cl.COCC(C)(C)NC(=O)c1ccc(Oc2ccc(N3C[C@@H]4CN(CC5=C(C(=O)OC)[C@H](c6ccc(F)cc6Cl)N=C(c6nccs6)N5)CCN4C3=O)cc2)cc1. The number of piperazine rings is 2. The van der Waals surface area contributed by atoms with E-state index in [0.29, 0.717) is 156 Å². The Morgan fingerprint density at radius 2 is 0.973 bits per heavy atom. The number of urea groups is 2. The number of hydrogen-bond acceptors (Lipinski definition) is 22. The van der Waals surface area contributed by atoms with Gasteiger partial charge in [0, 0.05) is 157 Å². The summed E-state index contributed by atoms with van der Waals surface area (Å²) in [7, 11) is 4.19. The number of rotatable bonds is 24. The van der Waals surface area contributed by atoms with Crippen molar-refractivity contribution in [2.24, 2.45) is 15.4 Å². The lowest BCUT2D eigenvalue weighted by atomic mass is 9.94. The number of halogens is 4. The molecule has 0 unspecified atom stereocenters. The zero-order valence-electron chi connectivity index (χ0n) is 62.5. The first kappa shape index (κ1) is 79.9. The highest BCUT2D eigenvalue weighted by Gasteiger charge is 2.45. The summed E-state index contributed by atoms with van der Waals surface area (Å²) in [5, 5.41) is 26.7. The highest BCUT2D eigenvalue weighted by Crippen LogP contribution is 2.41. The van der Waals surface area contributed by atoms with Gasteiger partial charge >= 0.3 is 30.0 Å². The van der Waals surface area contributed by atoms with Crippen LogP contribution in [0.1, 0.15) is 81.6 Å². The number of aliphatic imine (C=N–C) groups is 2. The number of carbonyl (C=O) groups excluding carboxylic acids is 6. The van der Waals surface area contributed by atoms with E-state index < -0.39 is 52.6 Å². The number of aromatic nitrogens is 2. The second-order valence-corrected chi connectivity index (χ2v) is 31.2. The minimum atomic E-state index is -1.10. The highest BCUT2D eigenvalue weighted by molar-refractivity contribution is 7.12. The standard InChI is InChI=1S/C40H39ClFN7O7S.C40H41ClFN7O6S/c1-40(2,38(52)53)22-44-35(50)23-4-9-27(10-5-23)56-28-11-7-25(8-12-28)49-20-26-19-47(15-16-48(26)39(49)54)21-31-32(37(51)55-3)33(29-13-6-24(42)18-30(29)41)46-34(45-31)36-43-14-17-57-36;1-40(2,23-53-3)46-36(50)24-5-10-28(11-6-24)55-29-12-8-26(9-13-29)49-21-27-20-47(16-17-48(27)39(49)52)22-32-33(38(51)54-4)34(30-14-7-25(42)19-31(30)41)45-35(44-32)37-43-15-18-56-37/h4-14,17-18,26,33H,15-16,19-22H2,1-3H3,(H,44,50)(H,45,46)(H,52,53);5-15,18-19,27,34H,16-17,20-23H2,1-4H3,(H,44,45)(H,46,50)/t26-,33-;27-,34-/m00/s1. The molecule has 5 N–H and O–H groups in total. The number of nitrogens with one attached hydrogen (secondary N) is 4. The molecule has 113 heavy (non-hydrogen) atoms. The monoisotopic (exact) mass is 1620 g/mol. The maximum Gasteiger partial charge on any atom is 0.338 e. The summed E-state index contributed by atoms with van der Waals surface area (Å²) in [6.07, 6.45) is 3.32. The Balaban J connectivity index is 0.000000198. The molecule has 6 aliphatic heterocycles. The van der Waals surface area contributed by atoms with Crippen molar-refractivity contribution in [1.82, 2.24) is 50.8 Å². The Morgan fingerprint density at radius 1 is 0.566 bits per heavy atom. The van der Waals surface area contributed by atoms with E-state index in [1.165, 1.54) is 87.1 Å². The summed E-state index contributed by atoms with van der Waals surface area (Å²) < 4.78 is 55.8. The van der Waals surface area contributed by atoms with Crippen molar-refractivity contribution in [2.45, 2.75) is 57.4 Å². The normalized spacial score (nSPS) is 18.6. The average molecular weight is 1620 g/mol. The van der Waals surface area contributed by atoms with Gasteiger partial charge in [0.15, 0.2) is 21.7 Å². The van der Waals surface area contributed by atoms with Crippen LogP contribution >= 0.6 is 45.9 Å². The van der Waals surface area contributed by atoms with Crippen LogP contribution in [0.5, 0.6) is 23.0 Å². The lowest BCUT2D eigenvalue weighted by Gasteiger charge is -2.38. The van der Waals surface area contributed by atoms with Gasteiger partial charge in [-0.1, -0.05) is 35.3 Å². The van der Waals surface area contributed by atoms with Crippen LogP contribution in [-0.4, -0.2) is 206 Å². The first-order valence-corrected chi connectivity index (χ1v) is 38.5. The molecule has 8 aromatic rings. The van der Waals surface area contributed by atoms with E-state index >= 15 is 0 Å². The van der Waals surface area contributed by atoms with Crippen LogP contribution in [0.2, 0.25) is 10.0 Å². The Hall–Kier alpha value is -11.2. The Bertz CT molecular complexity index is 5040. The maximum absolute atomic E-state index is 14.1. The fourth-order valence-corrected chi connectivity index (χ4v) is 15.6. The third-order valence-electron chi connectivity index (χ3n) is 19.7. The lowest BCUT2D eigenvalue weighted by molar-refractivity contribution is -0.146. The van der Waals surface area contributed by atoms with E-state index in [1.807, 2.05) is 58.7 Å². The van der Waals surface area contributed by atoms with Crippen molar-refractivity contribution < 1.29 is 71.1 Å². The molecule has 2 aromatic heterocycles. The second-order valence-electron chi connectivity index (χ2n) is 28.6. The molecule has 4 fully saturated rings. The molecule has 27 nitrogen and oxygen atoms in total. The number of benzene rings is 6. The van der Waals surface area contributed by atoms with Crippen LogP contribution in [0.25, 0.3) is 0 Å². The first-order chi connectivity index (χ1) is 54.2. The molecule has 0 bridgehead atoms. The van der Waals surface area contributed by atoms with E-state index in [4.69, 9.17) is 56.9 Å². The zero-order chi connectivity index (χ0) is 80.0. The molecule has 6 amide bonds. The van der Waals surface area contributed by atoms with Gasteiger partial charge in [-0.3, -0.25) is 44.0 Å². The van der Waals surface area contributed by atoms with E-state index in [1.54, 1.807) is 102 Å². The van der Waals surface area contributed by atoms with E-state index in [2.05, 4.69) is 41.0 Å². The van der Waals surface area contributed by atoms with Gasteiger partial charge in [0.2, 0.25) is 0 Å². The van der Waals surface area contributed by atoms with Crippen LogP contribution in [0.15, 0.2) is 189 Å². The number of carboxylic acid groups (broad SMARTS) is 1. The largest absolute Gasteiger partial charge is 0.481 e. The average Bonchev–Trinajstić information content (AvgIpc) is 1.76. The zero-order valence-corrected chi connectivity index (χ0v) is 65.6. The number of nitrogens with zero attached hydrogens (tertiary/aromatic N) is 10. The number of esters is 2. The van der Waals surface area contributed by atoms with Gasteiger partial charge in [-0.05, 0) is 149 Å². The van der Waals surface area contributed by atoms with Crippen LogP contribution in [0.4, 0.5) is 29.7 Å². The Labute approximate surface area is 667 Å². The van der Waals surface area contributed by atoms with Crippen molar-refractivity contribution in [3.05, 3.63) is 233 Å². The van der Waals surface area contributed by atoms with Gasteiger partial charge in [-0.2, -0.15) is 0 Å². The molecule has 0 saturated carbocycles. The fraction of sp³-hybridized carbons (Fsp3) is 0.312. The van der Waals surface area contributed by atoms with Crippen molar-refractivity contribution >= 4 is 111 Å². The second kappa shape index (κ2) is 34.4. The number of aliphatic carboxylic acids is 1. The van der Waals surface area contributed by atoms with E-state index in [9.17, 15) is 47.4 Å². The number of carbonyl (C=O) groups is 7. The first-order valence-electron chi connectivity index (χ1n) is 36.0. The number of methoxy groups -OCH3 is 3. The summed E-state index contributed by atoms with van der Waals surface area (Å²) in [5.41, 5.74) is 3.24. The quantitative estimate of drug-likeness (QED) is 0.0351. The number of amidine groups is 2. The molecule has 6 aromatic carbocycles. The molecule has 0 radical (unpaired) electrons. The van der Waals surface area contributed by atoms with Crippen molar-refractivity contribution in [1.29, 1.82) is 0 Å². The van der Waals surface area contributed by atoms with Gasteiger partial charge in [-0.25, -0.2) is 37.9 Å². The summed E-state index contributed by atoms with van der Waals surface area (Å²) in [6, 6.07) is 33.6. The van der Waals surface area contributed by atoms with Gasteiger partial charge in [-0.15, -0.1) is 22.7 Å². The molecule has 8 heterocycles. The molecule has 14 rings (SSSR count). The maximum atomic E-state index is 14.1. The Kier molecular flexibility index (Phi) is 24.3. The number of carboxylic acids is 1. The van der Waals surface area contributed by atoms with Gasteiger partial charge in [0.25, 0.3) is 11.8 Å². The fourth-order valence-electron chi connectivity index (χ4n) is 13.9. The highest BCUT2D eigenvalue weighted by atomic mass is 35.5. The van der Waals surface area contributed by atoms with E-state index in [0.717, 1.165) is 5.69 Å². The topological polar surface area (TPSA) is 304 Å². The molecular formula is C80H80Cl2F2N14O13S2. The predicted molar refractivity (Wildman–Crippen MR) is 422 cm³/mol. The number of amides is 6. The third-order valence-corrected chi connectivity index (χ3v) is 21.9. The summed E-state index contributed by atoms with van der Waals surface area (Å²) >= 11 is 15.8. The number of thiazole rings is 2. The predicted octanol–water partition coefficient (Wildman–Crippen LogP) is 11.7. The minimum absolute atomic E-state index is 0.0168. The van der Waals surface area contributed by atoms with Crippen molar-refractivity contribution in [3.8, 4) is 23.0 Å². The third kappa shape index (κ3) is 18.3. The molecule has 0 spiro atoms. The van der Waals surface area contributed by atoms with Crippen LogP contribution in [0.3, 0.4) is 0 Å². The summed E-state index contributed by atoms with van der Waals surface area (Å²) in [6.45, 7) is 11.9. The van der Waals surface area contributed by atoms with E-state index in [-0.39, 0.29) is 63.7 Å². The lowest BCUT2D eigenvalue weighted by Crippen LogP contribution is -2.53. The van der Waals surface area contributed by atoms with Crippen LogP contribution in [0, 0.1) is 17.0 Å². The van der Waals surface area contributed by atoms with Gasteiger partial charge in [0.05, 0.1) is 55.0 Å². The molecule has 588 valence electrons. The Morgan fingerprint density at radius 3 is 1.35 bits per heavy atom. The van der Waals surface area contributed by atoms with Crippen LogP contribution in [-0.2, 0) is 28.6 Å². The number of fused-ring (bicyclic) bond motifs is 2. The van der Waals surface area contributed by atoms with Gasteiger partial charge in [0.1, 0.15) is 46.7 Å².